The predicted molar refractivity (Wildman–Crippen MR) is 120 cm³/mol. The molecule has 1 atom stereocenters. The Labute approximate surface area is 175 Å². The Morgan fingerprint density at radius 3 is 2.34 bits per heavy atom. The van der Waals surface area contributed by atoms with Crippen LogP contribution in [-0.4, -0.2) is 49.3 Å². The monoisotopic (exact) mass is 397 g/mol. The number of rotatable bonds is 5. The Morgan fingerprint density at radius 1 is 1.10 bits per heavy atom. The van der Waals surface area contributed by atoms with Gasteiger partial charge in [-0.3, -0.25) is 5.32 Å². The molecule has 2 aliphatic rings. The van der Waals surface area contributed by atoms with Crippen molar-refractivity contribution >= 4 is 11.7 Å². The number of dihydropyridines is 1. The fraction of sp³-hybridized carbons (Fsp3) is 0.522. The minimum Gasteiger partial charge on any atom is -0.368 e. The van der Waals surface area contributed by atoms with E-state index >= 15 is 0 Å². The molecule has 1 fully saturated rings. The van der Waals surface area contributed by atoms with Crippen molar-refractivity contribution in [2.75, 3.05) is 37.6 Å². The van der Waals surface area contributed by atoms with Gasteiger partial charge >= 0.3 is 6.03 Å². The zero-order valence-corrected chi connectivity index (χ0v) is 18.4. The van der Waals surface area contributed by atoms with Gasteiger partial charge in [-0.25, -0.2) is 4.79 Å². The van der Waals surface area contributed by atoms with Crippen molar-refractivity contribution in [3.8, 4) is 0 Å². The summed E-state index contributed by atoms with van der Waals surface area (Å²) in [5, 5.41) is 9.96. The number of aryl methyl sites for hydroxylation is 2. The molecule has 0 aromatic heterocycles. The van der Waals surface area contributed by atoms with Gasteiger partial charge in [-0.1, -0.05) is 19.9 Å². The minimum absolute atomic E-state index is 0.0307. The first-order valence-electron chi connectivity index (χ1n) is 10.7. The number of hydrogen-bond acceptors (Lipinski definition) is 4. The molecule has 158 valence electrons. The molecule has 29 heavy (non-hydrogen) atoms. The number of benzene rings is 1. The van der Waals surface area contributed by atoms with Gasteiger partial charge in [-0.05, 0) is 68.6 Å². The zero-order valence-electron chi connectivity index (χ0n) is 18.4. The predicted octanol–water partition coefficient (Wildman–Crippen LogP) is 3.24. The molecule has 3 N–H and O–H groups in total. The smallest absolute Gasteiger partial charge is 0.322 e. The highest BCUT2D eigenvalue weighted by molar-refractivity contribution is 5.77. The van der Waals surface area contributed by atoms with Crippen molar-refractivity contribution in [3.05, 3.63) is 52.9 Å². The minimum atomic E-state index is -0.255. The van der Waals surface area contributed by atoms with E-state index in [0.29, 0.717) is 0 Å². The maximum atomic E-state index is 12.8. The van der Waals surface area contributed by atoms with Gasteiger partial charge in [0.25, 0.3) is 0 Å². The molecule has 3 rings (SSSR count). The van der Waals surface area contributed by atoms with E-state index in [1.54, 1.807) is 0 Å². The standard InChI is InChI=1S/C23H35N5O/c1-6-19-15-20(16-25-23(19,5)24-7-2)26-22(29)28-10-8-27(9-11-28)21-13-17(3)12-18(4)14-21/h12-16,24-25H,6-11H2,1-5H3,(H,26,29). The highest BCUT2D eigenvalue weighted by Gasteiger charge is 2.29. The third kappa shape index (κ3) is 4.93. The molecule has 0 bridgehead atoms. The number of nitrogens with zero attached hydrogens (tertiary/aromatic N) is 2. The number of hydrogen-bond donors (Lipinski definition) is 3. The lowest BCUT2D eigenvalue weighted by molar-refractivity contribution is 0.197. The fourth-order valence-corrected chi connectivity index (χ4v) is 4.24. The molecule has 0 spiro atoms. The topological polar surface area (TPSA) is 59.6 Å². The maximum Gasteiger partial charge on any atom is 0.322 e. The summed E-state index contributed by atoms with van der Waals surface area (Å²) in [7, 11) is 0. The van der Waals surface area contributed by atoms with Crippen LogP contribution >= 0.6 is 0 Å². The first kappa shape index (κ1) is 21.2. The second-order valence-corrected chi connectivity index (χ2v) is 8.17. The quantitative estimate of drug-likeness (QED) is 0.714. The number of amides is 2. The van der Waals surface area contributed by atoms with E-state index in [9.17, 15) is 4.79 Å². The third-order valence-corrected chi connectivity index (χ3v) is 5.79. The molecule has 1 saturated heterocycles. The molecule has 1 aromatic carbocycles. The van der Waals surface area contributed by atoms with Gasteiger partial charge in [0.15, 0.2) is 0 Å². The van der Waals surface area contributed by atoms with Gasteiger partial charge in [0.05, 0.1) is 5.70 Å². The van der Waals surface area contributed by atoms with Gasteiger partial charge in [0.2, 0.25) is 0 Å². The van der Waals surface area contributed by atoms with Gasteiger partial charge in [0, 0.05) is 38.1 Å². The first-order valence-corrected chi connectivity index (χ1v) is 10.7. The van der Waals surface area contributed by atoms with Crippen LogP contribution in [0.5, 0.6) is 0 Å². The molecule has 6 heteroatoms. The number of urea groups is 1. The summed E-state index contributed by atoms with van der Waals surface area (Å²) in [6, 6.07) is 6.61. The molecular weight excluding hydrogens is 362 g/mol. The van der Waals surface area contributed by atoms with Crippen molar-refractivity contribution in [2.24, 2.45) is 0 Å². The van der Waals surface area contributed by atoms with Crippen LogP contribution in [0.25, 0.3) is 0 Å². The second kappa shape index (κ2) is 8.91. The number of anilines is 1. The highest BCUT2D eigenvalue weighted by Crippen LogP contribution is 2.23. The largest absolute Gasteiger partial charge is 0.368 e. The SMILES string of the molecule is CCNC1(C)NC=C(NC(=O)N2CCN(c3cc(C)cc(C)c3)CC2)C=C1CC. The number of allylic oxidation sites excluding steroid dienone is 1. The van der Waals surface area contributed by atoms with Crippen molar-refractivity contribution in [1.82, 2.24) is 20.9 Å². The Bertz CT molecular complexity index is 787. The van der Waals surface area contributed by atoms with E-state index in [-0.39, 0.29) is 11.7 Å². The summed E-state index contributed by atoms with van der Waals surface area (Å²) >= 11 is 0. The van der Waals surface area contributed by atoms with Crippen LogP contribution in [0.4, 0.5) is 10.5 Å². The molecule has 1 unspecified atom stereocenters. The van der Waals surface area contributed by atoms with Crippen LogP contribution in [0.2, 0.25) is 0 Å². The summed E-state index contributed by atoms with van der Waals surface area (Å²) in [4.78, 5) is 17.0. The molecule has 1 aromatic rings. The van der Waals surface area contributed by atoms with Crippen LogP contribution < -0.4 is 20.9 Å². The Hall–Kier alpha value is -2.47. The van der Waals surface area contributed by atoms with Crippen molar-refractivity contribution in [3.63, 3.8) is 0 Å². The van der Waals surface area contributed by atoms with E-state index in [4.69, 9.17) is 0 Å². The van der Waals surface area contributed by atoms with Gasteiger partial charge in [0.1, 0.15) is 5.66 Å². The molecule has 2 amide bonds. The molecule has 2 heterocycles. The van der Waals surface area contributed by atoms with Crippen molar-refractivity contribution < 1.29 is 4.79 Å². The van der Waals surface area contributed by atoms with Crippen molar-refractivity contribution in [1.29, 1.82) is 0 Å². The summed E-state index contributed by atoms with van der Waals surface area (Å²) in [6.45, 7) is 14.6. The number of carbonyl (C=O) groups excluding carboxylic acids is 1. The zero-order chi connectivity index (χ0) is 21.0. The van der Waals surface area contributed by atoms with Gasteiger partial charge in [-0.15, -0.1) is 0 Å². The summed E-state index contributed by atoms with van der Waals surface area (Å²) in [6.07, 6.45) is 4.90. The Kier molecular flexibility index (Phi) is 6.52. The van der Waals surface area contributed by atoms with E-state index in [0.717, 1.165) is 44.8 Å². The van der Waals surface area contributed by atoms with Crippen LogP contribution in [0.1, 0.15) is 38.3 Å². The number of nitrogens with one attached hydrogen (secondary N) is 3. The van der Waals surface area contributed by atoms with Crippen LogP contribution in [0.15, 0.2) is 41.7 Å². The number of carbonyl (C=O) groups is 1. The van der Waals surface area contributed by atoms with Crippen LogP contribution in [0, 0.1) is 13.8 Å². The Morgan fingerprint density at radius 2 is 1.76 bits per heavy atom. The van der Waals surface area contributed by atoms with E-state index in [1.807, 2.05) is 11.1 Å². The van der Waals surface area contributed by atoms with Gasteiger partial charge in [-0.2, -0.15) is 0 Å². The fourth-order valence-electron chi connectivity index (χ4n) is 4.24. The van der Waals surface area contributed by atoms with E-state index < -0.39 is 0 Å². The molecule has 0 saturated carbocycles. The highest BCUT2D eigenvalue weighted by atomic mass is 16.2. The molecular formula is C23H35N5O. The third-order valence-electron chi connectivity index (χ3n) is 5.79. The average molecular weight is 398 g/mol. The maximum absolute atomic E-state index is 12.8. The number of likely N-dealkylation sites (N-methyl/N-ethyl adjacent to an activating group) is 1. The van der Waals surface area contributed by atoms with E-state index in [2.05, 4.69) is 79.7 Å². The lowest BCUT2D eigenvalue weighted by Crippen LogP contribution is -2.56. The Balaban J connectivity index is 1.57. The first-order chi connectivity index (χ1) is 13.8. The number of piperazine rings is 1. The molecule has 2 aliphatic heterocycles. The summed E-state index contributed by atoms with van der Waals surface area (Å²) in [5.74, 6) is 0. The molecule has 0 aliphatic carbocycles. The van der Waals surface area contributed by atoms with E-state index in [1.165, 1.54) is 22.4 Å². The molecule has 0 radical (unpaired) electrons. The van der Waals surface area contributed by atoms with Crippen molar-refractivity contribution in [2.45, 2.75) is 46.7 Å². The summed E-state index contributed by atoms with van der Waals surface area (Å²) < 4.78 is 0. The summed E-state index contributed by atoms with van der Waals surface area (Å²) in [5.41, 5.74) is 5.60. The lowest BCUT2D eigenvalue weighted by Gasteiger charge is -2.38. The normalized spacial score (nSPS) is 22.0. The van der Waals surface area contributed by atoms with Crippen LogP contribution in [-0.2, 0) is 0 Å². The lowest BCUT2D eigenvalue weighted by atomic mass is 9.95. The second-order valence-electron chi connectivity index (χ2n) is 8.17. The molecule has 6 nitrogen and oxygen atoms in total. The van der Waals surface area contributed by atoms with Crippen LogP contribution in [0.3, 0.4) is 0 Å². The average Bonchev–Trinajstić information content (AvgIpc) is 2.69. The van der Waals surface area contributed by atoms with Gasteiger partial charge < -0.3 is 20.4 Å².